The Morgan fingerprint density at radius 3 is 2.65 bits per heavy atom. The van der Waals surface area contributed by atoms with E-state index >= 15 is 0 Å². The van der Waals surface area contributed by atoms with Crippen molar-refractivity contribution < 1.29 is 15.7 Å². The molecule has 4 N–H and O–H groups in total. The maximum Gasteiger partial charge on any atom is 0.122 e. The molecule has 0 saturated heterocycles. The summed E-state index contributed by atoms with van der Waals surface area (Å²) in [6, 6.07) is 17.3. The van der Waals surface area contributed by atoms with Crippen LogP contribution in [0.3, 0.4) is 0 Å². The summed E-state index contributed by atoms with van der Waals surface area (Å²) < 4.78 is 5.59. The summed E-state index contributed by atoms with van der Waals surface area (Å²) >= 11 is 0. The highest BCUT2D eigenvalue weighted by atomic mass is 35.5. The van der Waals surface area contributed by atoms with E-state index in [1.54, 1.807) is 7.11 Å². The number of likely N-dealkylation sites (N-methyl/N-ethyl adjacent to an activating group) is 1. The van der Waals surface area contributed by atoms with Gasteiger partial charge in [-0.05, 0) is 79.6 Å². The standard InChI is InChI=1S/C24H28N2O.2ClH.2H2O/c1-26(15-13-18-11-12-23-19(16-18)7-5-14-25-23)17-20-6-3-9-22-21(20)8-4-10-24(22)27-2;;;;/h4-5,7-8,10-12,14,16,20H,3,6,9,13,15,17H2,1-2H3;2*1H;2*1H2/t20-;;;;/m0..../s1. The van der Waals surface area contributed by atoms with Crippen LogP contribution in [0.5, 0.6) is 5.75 Å². The van der Waals surface area contributed by atoms with Crippen molar-refractivity contribution in [2.24, 2.45) is 0 Å². The zero-order chi connectivity index (χ0) is 18.6. The quantitative estimate of drug-likeness (QED) is 0.546. The molecular formula is C24H34Cl2N2O3. The van der Waals surface area contributed by atoms with E-state index in [1.807, 2.05) is 12.3 Å². The molecule has 1 aromatic heterocycles. The Bertz CT molecular complexity index is 940. The Morgan fingerprint density at radius 1 is 1.06 bits per heavy atom. The molecule has 0 amide bonds. The van der Waals surface area contributed by atoms with Crippen LogP contribution < -0.4 is 4.74 Å². The fraction of sp³-hybridized carbons (Fsp3) is 0.375. The lowest BCUT2D eigenvalue weighted by molar-refractivity contribution is 0.299. The molecule has 31 heavy (non-hydrogen) atoms. The van der Waals surface area contributed by atoms with Gasteiger partial charge in [0, 0.05) is 24.7 Å². The number of aromatic nitrogens is 1. The van der Waals surface area contributed by atoms with Crippen molar-refractivity contribution >= 4 is 35.7 Å². The Balaban J connectivity index is 0.00000225. The van der Waals surface area contributed by atoms with Crippen LogP contribution in [0.1, 0.15) is 35.4 Å². The van der Waals surface area contributed by atoms with Crippen molar-refractivity contribution in [3.8, 4) is 5.75 Å². The van der Waals surface area contributed by atoms with E-state index in [0.29, 0.717) is 5.92 Å². The Labute approximate surface area is 197 Å². The lowest BCUT2D eigenvalue weighted by Gasteiger charge is -2.30. The van der Waals surface area contributed by atoms with Gasteiger partial charge in [0.2, 0.25) is 0 Å². The number of benzene rings is 2. The average Bonchev–Trinajstić information content (AvgIpc) is 2.72. The molecule has 3 aromatic rings. The summed E-state index contributed by atoms with van der Waals surface area (Å²) in [6.07, 6.45) is 6.59. The molecule has 1 heterocycles. The van der Waals surface area contributed by atoms with Gasteiger partial charge in [-0.25, -0.2) is 0 Å². The number of methoxy groups -OCH3 is 1. The predicted molar refractivity (Wildman–Crippen MR) is 133 cm³/mol. The summed E-state index contributed by atoms with van der Waals surface area (Å²) in [5.74, 6) is 1.67. The molecule has 1 aliphatic rings. The molecule has 1 atom stereocenters. The third-order valence-electron chi connectivity index (χ3n) is 5.79. The van der Waals surface area contributed by atoms with E-state index in [4.69, 9.17) is 4.74 Å². The van der Waals surface area contributed by atoms with Gasteiger partial charge in [-0.15, -0.1) is 24.8 Å². The van der Waals surface area contributed by atoms with Gasteiger partial charge < -0.3 is 20.6 Å². The first kappa shape index (κ1) is 29.1. The van der Waals surface area contributed by atoms with Crippen molar-refractivity contribution in [1.29, 1.82) is 0 Å². The third-order valence-corrected chi connectivity index (χ3v) is 5.79. The summed E-state index contributed by atoms with van der Waals surface area (Å²) in [6.45, 7) is 2.18. The van der Waals surface area contributed by atoms with E-state index in [-0.39, 0.29) is 35.8 Å². The number of halogens is 2. The van der Waals surface area contributed by atoms with Gasteiger partial charge in [-0.3, -0.25) is 4.98 Å². The molecule has 5 nitrogen and oxygen atoms in total. The van der Waals surface area contributed by atoms with Crippen LogP contribution in [0.4, 0.5) is 0 Å². The number of nitrogens with zero attached hydrogens (tertiary/aromatic N) is 2. The van der Waals surface area contributed by atoms with Crippen LogP contribution >= 0.6 is 24.8 Å². The molecule has 0 bridgehead atoms. The Morgan fingerprint density at radius 2 is 1.87 bits per heavy atom. The van der Waals surface area contributed by atoms with Crippen molar-refractivity contribution in [3.63, 3.8) is 0 Å². The molecule has 2 aromatic carbocycles. The molecule has 0 radical (unpaired) electrons. The van der Waals surface area contributed by atoms with E-state index < -0.39 is 0 Å². The second-order valence-electron chi connectivity index (χ2n) is 7.66. The van der Waals surface area contributed by atoms with Crippen LogP contribution in [-0.2, 0) is 12.8 Å². The number of rotatable bonds is 6. The van der Waals surface area contributed by atoms with Crippen LogP contribution in [0.25, 0.3) is 10.9 Å². The second-order valence-corrected chi connectivity index (χ2v) is 7.66. The number of hydrogen-bond acceptors (Lipinski definition) is 3. The van der Waals surface area contributed by atoms with Crippen LogP contribution in [-0.4, -0.2) is 48.1 Å². The minimum Gasteiger partial charge on any atom is -0.496 e. The largest absolute Gasteiger partial charge is 0.496 e. The van der Waals surface area contributed by atoms with Crippen molar-refractivity contribution in [3.05, 3.63) is 71.4 Å². The topological polar surface area (TPSA) is 88.4 Å². The second kappa shape index (κ2) is 13.5. The van der Waals surface area contributed by atoms with E-state index in [0.717, 1.165) is 37.2 Å². The molecule has 172 valence electrons. The maximum atomic E-state index is 5.59. The highest BCUT2D eigenvalue weighted by Crippen LogP contribution is 2.36. The monoisotopic (exact) mass is 468 g/mol. The number of pyridine rings is 1. The fourth-order valence-electron chi connectivity index (χ4n) is 4.36. The molecule has 0 fully saturated rings. The zero-order valence-corrected chi connectivity index (χ0v) is 19.8. The molecule has 1 aliphatic carbocycles. The highest BCUT2D eigenvalue weighted by molar-refractivity contribution is 5.85. The van der Waals surface area contributed by atoms with Gasteiger partial charge in [0.25, 0.3) is 0 Å². The summed E-state index contributed by atoms with van der Waals surface area (Å²) in [4.78, 5) is 6.89. The average molecular weight is 469 g/mol. The van der Waals surface area contributed by atoms with E-state index in [9.17, 15) is 0 Å². The van der Waals surface area contributed by atoms with E-state index in [2.05, 4.69) is 59.4 Å². The third kappa shape index (κ3) is 6.79. The highest BCUT2D eigenvalue weighted by Gasteiger charge is 2.23. The molecule has 0 spiro atoms. The molecule has 7 heteroatoms. The molecule has 0 aliphatic heterocycles. The SMILES string of the molecule is COc1cccc2c1CCC[C@H]2CN(C)CCc1ccc2ncccc2c1.Cl.Cl.O.O. The first-order valence-corrected chi connectivity index (χ1v) is 9.92. The minimum absolute atomic E-state index is 0. The smallest absolute Gasteiger partial charge is 0.122 e. The first-order chi connectivity index (χ1) is 13.2. The first-order valence-electron chi connectivity index (χ1n) is 9.92. The van der Waals surface area contributed by atoms with Crippen LogP contribution in [0.2, 0.25) is 0 Å². The number of hydrogen-bond donors (Lipinski definition) is 0. The molecular weight excluding hydrogens is 435 g/mol. The van der Waals surface area contributed by atoms with Gasteiger partial charge in [-0.1, -0.05) is 24.3 Å². The normalized spacial score (nSPS) is 14.4. The van der Waals surface area contributed by atoms with Gasteiger partial charge in [0.1, 0.15) is 5.75 Å². The minimum atomic E-state index is 0. The van der Waals surface area contributed by atoms with Crippen molar-refractivity contribution in [1.82, 2.24) is 9.88 Å². The fourth-order valence-corrected chi connectivity index (χ4v) is 4.36. The maximum absolute atomic E-state index is 5.59. The lowest BCUT2D eigenvalue weighted by atomic mass is 9.82. The number of ether oxygens (including phenoxy) is 1. The van der Waals surface area contributed by atoms with Gasteiger partial charge in [0.15, 0.2) is 0 Å². The summed E-state index contributed by atoms with van der Waals surface area (Å²) in [5.41, 5.74) is 5.37. The molecule has 0 saturated carbocycles. The molecule has 4 rings (SSSR count). The zero-order valence-electron chi connectivity index (χ0n) is 18.1. The van der Waals surface area contributed by atoms with Gasteiger partial charge >= 0.3 is 0 Å². The van der Waals surface area contributed by atoms with Gasteiger partial charge in [0.05, 0.1) is 12.6 Å². The van der Waals surface area contributed by atoms with Gasteiger partial charge in [-0.2, -0.15) is 0 Å². The van der Waals surface area contributed by atoms with Crippen LogP contribution in [0.15, 0.2) is 54.7 Å². The van der Waals surface area contributed by atoms with E-state index in [1.165, 1.54) is 34.9 Å². The summed E-state index contributed by atoms with van der Waals surface area (Å²) in [5, 5.41) is 1.23. The Hall–Kier alpha value is -1.89. The number of fused-ring (bicyclic) bond motifs is 2. The van der Waals surface area contributed by atoms with Crippen molar-refractivity contribution in [2.75, 3.05) is 27.2 Å². The molecule has 0 unspecified atom stereocenters. The van der Waals surface area contributed by atoms with Crippen molar-refractivity contribution in [2.45, 2.75) is 31.6 Å². The Kier molecular flexibility index (Phi) is 12.7. The predicted octanol–water partition coefficient (Wildman–Crippen LogP) is 4.03. The van der Waals surface area contributed by atoms with Crippen LogP contribution in [0, 0.1) is 0 Å². The summed E-state index contributed by atoms with van der Waals surface area (Å²) in [7, 11) is 4.03. The lowest BCUT2D eigenvalue weighted by Crippen LogP contribution is -2.28.